The fourth-order valence-corrected chi connectivity index (χ4v) is 0. The zero-order chi connectivity index (χ0) is 22.5. The molecule has 0 aliphatic rings. The van der Waals surface area contributed by atoms with E-state index in [0.717, 1.165) is 0 Å². The summed E-state index contributed by atoms with van der Waals surface area (Å²) in [7, 11) is -26.9. The van der Waals surface area contributed by atoms with E-state index in [2.05, 4.69) is 0 Å². The first-order chi connectivity index (χ1) is 10.0. The summed E-state index contributed by atoms with van der Waals surface area (Å²) in [5, 5.41) is 0. The Morgan fingerprint density at radius 1 is 0.250 bits per heavy atom. The number of rotatable bonds is 0. The van der Waals surface area contributed by atoms with Gasteiger partial charge in [0.05, 0.1) is 0 Å². The minimum absolute atomic E-state index is 0. The van der Waals surface area contributed by atoms with Crippen molar-refractivity contribution in [1.29, 1.82) is 0 Å². The van der Waals surface area contributed by atoms with Crippen LogP contribution in [-0.2, 0) is 81.3 Å². The Labute approximate surface area is 193 Å². The van der Waals surface area contributed by atoms with E-state index in [1.54, 1.807) is 0 Å². The van der Waals surface area contributed by atoms with Crippen LogP contribution in [0.5, 0.6) is 0 Å². The van der Waals surface area contributed by atoms with Crippen molar-refractivity contribution in [3.8, 4) is 0 Å². The molecule has 0 rings (SSSR count). The minimum Gasteiger partial charge on any atom is -0.822 e. The molecule has 0 saturated carbocycles. The molecule has 0 N–H and O–H groups in total. The molecule has 0 bridgehead atoms. The normalized spacial score (nSPS) is 10.5. The van der Waals surface area contributed by atoms with Crippen molar-refractivity contribution >= 4 is 39.1 Å². The third-order valence-corrected chi connectivity index (χ3v) is 0. The van der Waals surface area contributed by atoms with Crippen molar-refractivity contribution < 1.29 is 155 Å². The van der Waals surface area contributed by atoms with Gasteiger partial charge < -0.3 is 96.2 Å². The summed E-state index contributed by atoms with van der Waals surface area (Å²) in [5.74, 6) is 0. The van der Waals surface area contributed by atoms with Crippen LogP contribution in [0.3, 0.4) is 0 Å². The molecule has 28 heavy (non-hydrogen) atoms. The van der Waals surface area contributed by atoms with Gasteiger partial charge in [-0.25, -0.2) is 0 Å². The summed E-state index contributed by atoms with van der Waals surface area (Å²) in [5.41, 5.74) is 0. The number of hydrogen-bond acceptors (Lipinski definition) is 20. The molecule has 20 nitrogen and oxygen atoms in total. The molecule has 0 saturated heterocycles. The van der Waals surface area contributed by atoms with Crippen molar-refractivity contribution in [3.05, 3.63) is 0 Å². The summed E-state index contributed by atoms with van der Waals surface area (Å²) in [6.45, 7) is 0. The standard InChI is InChI=1S/5H3O4P.3Zn/c5*1-5(2,3)4;;;/h5*(H3,1,2,3,4);;;/p-15. The predicted molar refractivity (Wildman–Crippen MR) is 38.0 cm³/mol. The molecule has 0 radical (unpaired) electrons. The Morgan fingerprint density at radius 3 is 0.250 bits per heavy atom. The topological polar surface area (TPSA) is 431 Å². The van der Waals surface area contributed by atoms with E-state index < -0.39 is 39.1 Å². The van der Waals surface area contributed by atoms with Crippen molar-refractivity contribution in [2.24, 2.45) is 0 Å². The molecule has 0 aliphatic carbocycles. The summed E-state index contributed by atoms with van der Waals surface area (Å²) in [6.07, 6.45) is 0. The second kappa shape index (κ2) is 22.6. The predicted octanol–water partition coefficient (Wildman–Crippen LogP) is -14.1. The van der Waals surface area contributed by atoms with Crippen LogP contribution in [0, 0.1) is 0 Å². The molecule has 166 valence electrons. The van der Waals surface area contributed by atoms with Gasteiger partial charge in [-0.3, -0.25) is 0 Å². The largest absolute Gasteiger partial charge is 0.822 e. The zero-order valence-electron chi connectivity index (χ0n) is 12.5. The molecule has 0 aromatic carbocycles. The number of hydrogen-bond donors (Lipinski definition) is 0. The van der Waals surface area contributed by atoms with Gasteiger partial charge in [-0.1, -0.05) is 0 Å². The second-order valence-corrected chi connectivity index (χ2v) is 6.71. The smallest absolute Gasteiger partial charge is 0 e. The van der Waals surface area contributed by atoms with E-state index in [9.17, 15) is 0 Å². The Morgan fingerprint density at radius 2 is 0.250 bits per heavy atom. The van der Waals surface area contributed by atoms with Crippen molar-refractivity contribution in [2.75, 3.05) is 0 Å². The molecule has 28 heteroatoms. The van der Waals surface area contributed by atoms with Crippen molar-refractivity contribution in [1.82, 2.24) is 0 Å². The molecule has 0 aromatic rings. The molecular formula is O20P5Zn3-15. The van der Waals surface area contributed by atoms with Crippen LogP contribution >= 0.6 is 39.1 Å². The van der Waals surface area contributed by atoms with Gasteiger partial charge in [0, 0.05) is 58.4 Å². The maximum atomic E-state index is 8.55. The third-order valence-electron chi connectivity index (χ3n) is 0. The van der Waals surface area contributed by atoms with Gasteiger partial charge in [0.25, 0.3) is 0 Å². The van der Waals surface area contributed by atoms with Crippen molar-refractivity contribution in [2.45, 2.75) is 0 Å². The Kier molecular flexibility index (Phi) is 42.3. The van der Waals surface area contributed by atoms with Crippen LogP contribution in [-0.4, -0.2) is 0 Å². The molecule has 0 amide bonds. The molecule has 0 unspecified atom stereocenters. The molecule has 0 aliphatic heterocycles. The maximum absolute atomic E-state index is 8.55. The average molecular weight is 671 g/mol. The van der Waals surface area contributed by atoms with Crippen molar-refractivity contribution in [3.63, 3.8) is 0 Å². The molecule has 0 aromatic heterocycles. The Bertz CT molecular complexity index is 379. The van der Waals surface area contributed by atoms with Gasteiger partial charge >= 0.3 is 0 Å². The second-order valence-electron chi connectivity index (χ2n) is 2.24. The van der Waals surface area contributed by atoms with Crippen LogP contribution in [0.1, 0.15) is 0 Å². The molecule has 0 heterocycles. The first kappa shape index (κ1) is 52.4. The SMILES string of the molecule is O=P([O-])([O-])[O-].O=P([O-])([O-])[O-].O=P([O-])([O-])[O-].O=P([O-])([O-])[O-].O=P([O-])([O-])[O-].[Zn].[Zn].[Zn]. The van der Waals surface area contributed by atoms with Gasteiger partial charge in [-0.15, -0.1) is 0 Å². The van der Waals surface area contributed by atoms with Gasteiger partial charge in [0.15, 0.2) is 0 Å². The van der Waals surface area contributed by atoms with Gasteiger partial charge in [0.1, 0.15) is 0 Å². The van der Waals surface area contributed by atoms with Gasteiger partial charge in [-0.05, 0) is 0 Å². The number of phosphoric acid groups is 5. The first-order valence-electron chi connectivity index (χ1n) is 3.65. The summed E-state index contributed by atoms with van der Waals surface area (Å²) >= 11 is 0. The van der Waals surface area contributed by atoms with E-state index in [4.69, 9.17) is 96.2 Å². The van der Waals surface area contributed by atoms with Crippen LogP contribution in [0.25, 0.3) is 0 Å². The van der Waals surface area contributed by atoms with E-state index in [-0.39, 0.29) is 58.4 Å². The molecule has 0 atom stereocenters. The van der Waals surface area contributed by atoms with Crippen LogP contribution < -0.4 is 73.4 Å². The first-order valence-corrected chi connectivity index (χ1v) is 11.0. The Balaban J connectivity index is -0.0000000290. The molecule has 0 fully saturated rings. The van der Waals surface area contributed by atoms with Crippen LogP contribution in [0.4, 0.5) is 0 Å². The fraction of sp³-hybridized carbons (Fsp3) is 0. The summed E-state index contributed by atoms with van der Waals surface area (Å²) in [6, 6.07) is 0. The van der Waals surface area contributed by atoms with E-state index >= 15 is 0 Å². The minimum atomic E-state index is -5.39. The summed E-state index contributed by atoms with van der Waals surface area (Å²) < 4.78 is 42.7. The monoisotopic (exact) mass is 667 g/mol. The quantitative estimate of drug-likeness (QED) is 0.170. The van der Waals surface area contributed by atoms with Crippen LogP contribution in [0.2, 0.25) is 0 Å². The van der Waals surface area contributed by atoms with Gasteiger partial charge in [-0.2, -0.15) is 39.1 Å². The van der Waals surface area contributed by atoms with E-state index in [1.165, 1.54) is 0 Å². The maximum Gasteiger partial charge on any atom is 0 e. The van der Waals surface area contributed by atoms with E-state index in [1.807, 2.05) is 0 Å². The zero-order valence-corrected chi connectivity index (χ0v) is 25.9. The average Bonchev–Trinajstić information content (AvgIpc) is 1.79. The van der Waals surface area contributed by atoms with E-state index in [0.29, 0.717) is 0 Å². The summed E-state index contributed by atoms with van der Waals surface area (Å²) in [4.78, 5) is 128. The Hall–Kier alpha value is 2.42. The third kappa shape index (κ3) is 3650. The molecule has 0 spiro atoms. The van der Waals surface area contributed by atoms with Crippen LogP contribution in [0.15, 0.2) is 0 Å². The molecular weight excluding hydrogens is 671 g/mol. The fourth-order valence-electron chi connectivity index (χ4n) is 0. The van der Waals surface area contributed by atoms with Gasteiger partial charge in [0.2, 0.25) is 0 Å².